The number of esters is 1. The molecule has 4 nitrogen and oxygen atoms in total. The van der Waals surface area contributed by atoms with Crippen molar-refractivity contribution in [2.75, 3.05) is 7.11 Å². The van der Waals surface area contributed by atoms with Crippen molar-refractivity contribution < 1.29 is 14.3 Å². The zero-order chi connectivity index (χ0) is 15.1. The summed E-state index contributed by atoms with van der Waals surface area (Å²) in [6, 6.07) is 16.9. The highest BCUT2D eigenvalue weighted by Crippen LogP contribution is 2.26. The summed E-state index contributed by atoms with van der Waals surface area (Å²) in [5, 5.41) is 0. The van der Waals surface area contributed by atoms with E-state index in [-0.39, 0.29) is 24.8 Å². The predicted octanol–water partition coefficient (Wildman–Crippen LogP) is 3.25. The fraction of sp³-hybridized carbons (Fsp3) is 0.235. The Morgan fingerprint density at radius 3 is 2.41 bits per heavy atom. The normalized spacial score (nSPS) is 11.2. The van der Waals surface area contributed by atoms with E-state index in [2.05, 4.69) is 4.74 Å². The monoisotopic (exact) mass is 321 g/mol. The number of halogens is 1. The molecule has 0 aliphatic carbocycles. The molecule has 0 saturated heterocycles. The van der Waals surface area contributed by atoms with Crippen LogP contribution in [0.25, 0.3) is 0 Å². The van der Waals surface area contributed by atoms with Crippen LogP contribution in [-0.4, -0.2) is 13.1 Å². The minimum atomic E-state index is -0.440. The maximum Gasteiger partial charge on any atom is 0.307 e. The molecule has 0 unspecified atom stereocenters. The number of carbonyl (C=O) groups excluding carboxylic acids is 1. The lowest BCUT2D eigenvalue weighted by Gasteiger charge is -2.16. The molecule has 0 spiro atoms. The average molecular weight is 322 g/mol. The van der Waals surface area contributed by atoms with Crippen LogP contribution >= 0.6 is 12.4 Å². The molecule has 0 heterocycles. The van der Waals surface area contributed by atoms with Crippen molar-refractivity contribution in [2.24, 2.45) is 5.73 Å². The Kier molecular flexibility index (Phi) is 7.43. The molecule has 1 atom stereocenters. The van der Waals surface area contributed by atoms with Gasteiger partial charge in [-0.2, -0.15) is 0 Å². The summed E-state index contributed by atoms with van der Waals surface area (Å²) in [6.45, 7) is 0.461. The highest BCUT2D eigenvalue weighted by Gasteiger charge is 2.16. The highest BCUT2D eigenvalue weighted by atomic mass is 35.5. The number of methoxy groups -OCH3 is 1. The highest BCUT2D eigenvalue weighted by molar-refractivity contribution is 5.85. The number of nitrogens with two attached hydrogens (primary N) is 1. The van der Waals surface area contributed by atoms with Crippen LogP contribution in [0, 0.1) is 0 Å². The zero-order valence-corrected chi connectivity index (χ0v) is 13.2. The maximum atomic E-state index is 11.3. The van der Waals surface area contributed by atoms with Crippen LogP contribution in [0.3, 0.4) is 0 Å². The van der Waals surface area contributed by atoms with Gasteiger partial charge in [-0.3, -0.25) is 4.79 Å². The number of ether oxygens (including phenoxy) is 2. The van der Waals surface area contributed by atoms with E-state index in [0.29, 0.717) is 12.4 Å². The number of hydrogen-bond donors (Lipinski definition) is 1. The van der Waals surface area contributed by atoms with Crippen molar-refractivity contribution >= 4 is 18.4 Å². The minimum Gasteiger partial charge on any atom is -0.489 e. The molecule has 0 amide bonds. The van der Waals surface area contributed by atoms with Gasteiger partial charge in [0.2, 0.25) is 0 Å². The van der Waals surface area contributed by atoms with Gasteiger partial charge in [-0.05, 0) is 11.6 Å². The fourth-order valence-electron chi connectivity index (χ4n) is 2.03. The summed E-state index contributed by atoms with van der Waals surface area (Å²) >= 11 is 0. The van der Waals surface area contributed by atoms with Crippen LogP contribution in [0.2, 0.25) is 0 Å². The number of benzene rings is 2. The lowest BCUT2D eigenvalue weighted by atomic mass is 10.0. The molecular formula is C17H20ClNO3. The second-order valence-corrected chi connectivity index (χ2v) is 4.70. The van der Waals surface area contributed by atoms with E-state index in [1.54, 1.807) is 0 Å². The van der Waals surface area contributed by atoms with E-state index >= 15 is 0 Å². The van der Waals surface area contributed by atoms with Gasteiger partial charge in [0.1, 0.15) is 12.4 Å². The van der Waals surface area contributed by atoms with Crippen molar-refractivity contribution in [2.45, 2.75) is 19.1 Å². The largest absolute Gasteiger partial charge is 0.489 e. The lowest BCUT2D eigenvalue weighted by Crippen LogP contribution is -2.17. The van der Waals surface area contributed by atoms with E-state index in [1.165, 1.54) is 7.11 Å². The quantitative estimate of drug-likeness (QED) is 0.830. The van der Waals surface area contributed by atoms with Crippen LogP contribution < -0.4 is 10.5 Å². The summed E-state index contributed by atoms with van der Waals surface area (Å²) in [6.07, 6.45) is 0.127. The van der Waals surface area contributed by atoms with Gasteiger partial charge in [0.25, 0.3) is 0 Å². The zero-order valence-electron chi connectivity index (χ0n) is 12.4. The van der Waals surface area contributed by atoms with Crippen molar-refractivity contribution in [1.29, 1.82) is 0 Å². The molecule has 0 fully saturated rings. The Hall–Kier alpha value is -2.04. The molecule has 118 valence electrons. The molecule has 5 heteroatoms. The Labute approximate surface area is 136 Å². The molecule has 2 rings (SSSR count). The maximum absolute atomic E-state index is 11.3. The lowest BCUT2D eigenvalue weighted by molar-refractivity contribution is -0.141. The molecule has 0 radical (unpaired) electrons. The number of carbonyl (C=O) groups is 1. The van der Waals surface area contributed by atoms with Gasteiger partial charge in [-0.1, -0.05) is 48.5 Å². The standard InChI is InChI=1S/C17H19NO3.ClH/c1-20-17(19)11-15(18)14-9-5-6-10-16(14)21-12-13-7-3-2-4-8-13;/h2-10,15H,11-12,18H2,1H3;1H/t15-;/m0./s1. The molecule has 22 heavy (non-hydrogen) atoms. The second-order valence-electron chi connectivity index (χ2n) is 4.70. The van der Waals surface area contributed by atoms with Gasteiger partial charge in [-0.15, -0.1) is 12.4 Å². The molecular weight excluding hydrogens is 302 g/mol. The number of para-hydroxylation sites is 1. The SMILES string of the molecule is COC(=O)C[C@H](N)c1ccccc1OCc1ccccc1.Cl. The summed E-state index contributed by atoms with van der Waals surface area (Å²) in [5.41, 5.74) is 7.94. The van der Waals surface area contributed by atoms with E-state index in [9.17, 15) is 4.79 Å². The number of rotatable bonds is 6. The third-order valence-corrected chi connectivity index (χ3v) is 3.17. The van der Waals surface area contributed by atoms with E-state index in [1.807, 2.05) is 54.6 Å². The average Bonchev–Trinajstić information content (AvgIpc) is 2.54. The summed E-state index contributed by atoms with van der Waals surface area (Å²) in [5.74, 6) is 0.359. The first-order valence-corrected chi connectivity index (χ1v) is 6.78. The molecule has 2 N–H and O–H groups in total. The first kappa shape index (κ1) is 18.0. The van der Waals surface area contributed by atoms with Crippen LogP contribution in [0.15, 0.2) is 54.6 Å². The van der Waals surface area contributed by atoms with E-state index in [4.69, 9.17) is 10.5 Å². The van der Waals surface area contributed by atoms with E-state index < -0.39 is 6.04 Å². The van der Waals surface area contributed by atoms with Gasteiger partial charge < -0.3 is 15.2 Å². The van der Waals surface area contributed by atoms with Gasteiger partial charge in [-0.25, -0.2) is 0 Å². The number of hydrogen-bond acceptors (Lipinski definition) is 4. The molecule has 0 saturated carbocycles. The molecule has 0 aliphatic heterocycles. The molecule has 0 bridgehead atoms. The first-order valence-electron chi connectivity index (χ1n) is 6.78. The predicted molar refractivity (Wildman–Crippen MR) is 88.0 cm³/mol. The van der Waals surface area contributed by atoms with E-state index in [0.717, 1.165) is 11.1 Å². The third kappa shape index (κ3) is 5.06. The fourth-order valence-corrected chi connectivity index (χ4v) is 2.03. The minimum absolute atomic E-state index is 0. The van der Waals surface area contributed by atoms with Gasteiger partial charge in [0.05, 0.1) is 13.5 Å². The summed E-state index contributed by atoms with van der Waals surface area (Å²) < 4.78 is 10.5. The molecule has 2 aromatic carbocycles. The van der Waals surface area contributed by atoms with Crippen LogP contribution in [-0.2, 0) is 16.1 Å². The van der Waals surface area contributed by atoms with Crippen molar-refractivity contribution in [3.05, 3.63) is 65.7 Å². The third-order valence-electron chi connectivity index (χ3n) is 3.17. The second kappa shape index (κ2) is 9.07. The van der Waals surface area contributed by atoms with Crippen LogP contribution in [0.5, 0.6) is 5.75 Å². The Morgan fingerprint density at radius 1 is 1.09 bits per heavy atom. The molecule has 2 aromatic rings. The molecule has 0 aliphatic rings. The van der Waals surface area contributed by atoms with Crippen LogP contribution in [0.4, 0.5) is 0 Å². The summed E-state index contributed by atoms with van der Waals surface area (Å²) in [4.78, 5) is 11.3. The smallest absolute Gasteiger partial charge is 0.307 e. The van der Waals surface area contributed by atoms with Gasteiger partial charge in [0.15, 0.2) is 0 Å². The Balaban J connectivity index is 0.00000242. The van der Waals surface area contributed by atoms with Crippen molar-refractivity contribution in [3.63, 3.8) is 0 Å². The van der Waals surface area contributed by atoms with Crippen LogP contribution in [0.1, 0.15) is 23.6 Å². The summed E-state index contributed by atoms with van der Waals surface area (Å²) in [7, 11) is 1.35. The first-order chi connectivity index (χ1) is 10.2. The Morgan fingerprint density at radius 2 is 1.73 bits per heavy atom. The van der Waals surface area contributed by atoms with Crippen molar-refractivity contribution in [3.8, 4) is 5.75 Å². The topological polar surface area (TPSA) is 61.5 Å². The van der Waals surface area contributed by atoms with Gasteiger partial charge >= 0.3 is 5.97 Å². The Bertz CT molecular complexity index is 589. The van der Waals surface area contributed by atoms with Crippen molar-refractivity contribution in [1.82, 2.24) is 0 Å². The molecule has 0 aromatic heterocycles. The van der Waals surface area contributed by atoms with Gasteiger partial charge in [0, 0.05) is 11.6 Å².